The van der Waals surface area contributed by atoms with Crippen LogP contribution < -0.4 is 9.63 Å². The number of nitriles is 1. The molecule has 1 saturated heterocycles. The first-order valence-corrected chi connectivity index (χ1v) is 6.82. The Labute approximate surface area is 113 Å². The van der Waals surface area contributed by atoms with Gasteiger partial charge in [-0.15, -0.1) is 0 Å². The first kappa shape index (κ1) is 12.1. The molecule has 0 N–H and O–H groups in total. The van der Waals surface area contributed by atoms with E-state index in [1.165, 1.54) is 17.5 Å². The van der Waals surface area contributed by atoms with Gasteiger partial charge >= 0.3 is 0 Å². The highest BCUT2D eigenvalue weighted by Crippen LogP contribution is 2.31. The molecule has 3 rings (SSSR count). The lowest BCUT2D eigenvalue weighted by molar-refractivity contribution is -0.605. The first-order chi connectivity index (χ1) is 9.17. The van der Waals surface area contributed by atoms with Crippen LogP contribution in [0.5, 0.6) is 0 Å². The maximum Gasteiger partial charge on any atom is 0.218 e. The molecule has 0 aliphatic carbocycles. The fraction of sp³-hybridized carbons (Fsp3) is 0.417. The van der Waals surface area contributed by atoms with Gasteiger partial charge in [-0.2, -0.15) is 14.4 Å². The Balaban J connectivity index is 1.97. The van der Waals surface area contributed by atoms with E-state index in [1.54, 1.807) is 0 Å². The van der Waals surface area contributed by atoms with Gasteiger partial charge in [0.2, 0.25) is 12.0 Å². The number of piperidine rings is 1. The molecule has 0 unspecified atom stereocenters. The molecule has 0 spiro atoms. The van der Waals surface area contributed by atoms with Crippen LogP contribution in [0, 0.1) is 28.3 Å². The predicted molar refractivity (Wildman–Crippen MR) is 69.1 cm³/mol. The molecule has 98 valence electrons. The van der Waals surface area contributed by atoms with Crippen molar-refractivity contribution in [3.8, 4) is 6.07 Å². The average Bonchev–Trinajstić information content (AvgIpc) is 2.83. The lowest BCUT2D eigenvalue weighted by atomic mass is 10.0. The number of thiazole rings is 1. The van der Waals surface area contributed by atoms with E-state index in [9.17, 15) is 9.60 Å². The van der Waals surface area contributed by atoms with Gasteiger partial charge in [-0.1, -0.05) is 11.3 Å². The number of aromatic nitrogens is 2. The van der Waals surface area contributed by atoms with E-state index in [0.717, 1.165) is 25.6 Å². The molecule has 0 amide bonds. The molecule has 0 aromatic carbocycles. The Kier molecular flexibility index (Phi) is 2.95. The van der Waals surface area contributed by atoms with Crippen LogP contribution in [0.4, 0.5) is 9.52 Å². The SMILES string of the molecule is N#C[C@@H]1CCCN(c2nc3c(F)c[n+]([O-])cc3s2)C1. The maximum absolute atomic E-state index is 13.6. The van der Waals surface area contributed by atoms with E-state index < -0.39 is 5.82 Å². The van der Waals surface area contributed by atoms with Crippen molar-refractivity contribution < 1.29 is 9.12 Å². The molecule has 0 bridgehead atoms. The van der Waals surface area contributed by atoms with E-state index in [-0.39, 0.29) is 11.4 Å². The van der Waals surface area contributed by atoms with Gasteiger partial charge in [0.25, 0.3) is 0 Å². The number of nitrogens with zero attached hydrogens (tertiary/aromatic N) is 4. The van der Waals surface area contributed by atoms with Gasteiger partial charge in [-0.05, 0) is 12.8 Å². The fourth-order valence-corrected chi connectivity index (χ4v) is 3.32. The van der Waals surface area contributed by atoms with Crippen LogP contribution in [0.3, 0.4) is 0 Å². The second kappa shape index (κ2) is 4.63. The van der Waals surface area contributed by atoms with Crippen molar-refractivity contribution in [1.82, 2.24) is 4.98 Å². The third kappa shape index (κ3) is 2.19. The molecule has 0 radical (unpaired) electrons. The van der Waals surface area contributed by atoms with Crippen molar-refractivity contribution in [2.75, 3.05) is 18.0 Å². The highest BCUT2D eigenvalue weighted by atomic mass is 32.1. The predicted octanol–water partition coefficient (Wildman–Crippen LogP) is 1.81. The van der Waals surface area contributed by atoms with Crippen LogP contribution in [-0.4, -0.2) is 18.1 Å². The van der Waals surface area contributed by atoms with Crippen molar-refractivity contribution >= 4 is 26.7 Å². The molecule has 0 saturated carbocycles. The molecule has 5 nitrogen and oxygen atoms in total. The summed E-state index contributed by atoms with van der Waals surface area (Å²) in [7, 11) is 0. The number of halogens is 1. The van der Waals surface area contributed by atoms with E-state index in [2.05, 4.69) is 11.1 Å². The standard InChI is InChI=1S/C12H11FN4OS/c13-9-6-17(18)7-10-11(9)15-12(19-10)16-3-1-2-8(4-14)5-16/h6-8H,1-3,5H2/t8-/m0/s1. The number of hydrogen-bond donors (Lipinski definition) is 0. The molecule has 1 aliphatic heterocycles. The lowest BCUT2D eigenvalue weighted by Gasteiger charge is -2.28. The molecular formula is C12H11FN4OS. The van der Waals surface area contributed by atoms with Gasteiger partial charge in [0.1, 0.15) is 10.2 Å². The Hall–Kier alpha value is -1.94. The minimum atomic E-state index is -0.608. The van der Waals surface area contributed by atoms with Gasteiger partial charge in [0, 0.05) is 13.1 Å². The monoisotopic (exact) mass is 278 g/mol. The smallest absolute Gasteiger partial charge is 0.218 e. The van der Waals surface area contributed by atoms with Crippen LogP contribution in [0.2, 0.25) is 0 Å². The minimum absolute atomic E-state index is 0.00458. The molecule has 3 heterocycles. The van der Waals surface area contributed by atoms with Gasteiger partial charge in [0.15, 0.2) is 11.3 Å². The van der Waals surface area contributed by atoms with Crippen molar-refractivity contribution in [3.63, 3.8) is 0 Å². The van der Waals surface area contributed by atoms with Gasteiger partial charge in [0.05, 0.1) is 12.0 Å². The summed E-state index contributed by atoms with van der Waals surface area (Å²) >= 11 is 1.29. The number of pyridine rings is 1. The first-order valence-electron chi connectivity index (χ1n) is 6.01. The molecule has 19 heavy (non-hydrogen) atoms. The fourth-order valence-electron chi connectivity index (χ4n) is 2.30. The summed E-state index contributed by atoms with van der Waals surface area (Å²) in [6.45, 7) is 1.44. The Morgan fingerprint density at radius 2 is 2.42 bits per heavy atom. The van der Waals surface area contributed by atoms with Crippen molar-refractivity contribution in [1.29, 1.82) is 5.26 Å². The zero-order valence-corrected chi connectivity index (χ0v) is 10.9. The Morgan fingerprint density at radius 3 is 3.21 bits per heavy atom. The third-order valence-corrected chi connectivity index (χ3v) is 4.28. The van der Waals surface area contributed by atoms with Gasteiger partial charge in [-0.25, -0.2) is 4.98 Å². The summed E-state index contributed by atoms with van der Waals surface area (Å²) in [5.74, 6) is -0.612. The topological polar surface area (TPSA) is 66.9 Å². The second-order valence-electron chi connectivity index (χ2n) is 4.59. The normalized spacial score (nSPS) is 19.6. The zero-order valence-electron chi connectivity index (χ0n) is 10.0. The molecule has 1 atom stereocenters. The molecule has 7 heteroatoms. The molecular weight excluding hydrogens is 267 g/mol. The number of anilines is 1. The summed E-state index contributed by atoms with van der Waals surface area (Å²) in [4.78, 5) is 6.25. The minimum Gasteiger partial charge on any atom is -0.619 e. The van der Waals surface area contributed by atoms with Crippen molar-refractivity contribution in [3.05, 3.63) is 23.4 Å². The van der Waals surface area contributed by atoms with Crippen LogP contribution in [0.1, 0.15) is 12.8 Å². The molecule has 2 aromatic rings. The molecule has 1 aliphatic rings. The van der Waals surface area contributed by atoms with Crippen LogP contribution >= 0.6 is 11.3 Å². The maximum atomic E-state index is 13.6. The number of hydrogen-bond acceptors (Lipinski definition) is 5. The number of fused-ring (bicyclic) bond motifs is 1. The Bertz CT molecular complexity index is 666. The summed E-state index contributed by atoms with van der Waals surface area (Å²) in [5, 5.41) is 20.8. The van der Waals surface area contributed by atoms with E-state index in [0.29, 0.717) is 21.1 Å². The van der Waals surface area contributed by atoms with E-state index in [1.807, 2.05) is 4.90 Å². The Morgan fingerprint density at radius 1 is 1.58 bits per heavy atom. The summed E-state index contributed by atoms with van der Waals surface area (Å²) < 4.78 is 14.6. The van der Waals surface area contributed by atoms with E-state index in [4.69, 9.17) is 5.26 Å². The summed E-state index contributed by atoms with van der Waals surface area (Å²) in [6, 6.07) is 2.26. The summed E-state index contributed by atoms with van der Waals surface area (Å²) in [6.07, 6.45) is 4.02. The van der Waals surface area contributed by atoms with Crippen LogP contribution in [0.15, 0.2) is 12.4 Å². The van der Waals surface area contributed by atoms with Crippen LogP contribution in [-0.2, 0) is 0 Å². The van der Waals surface area contributed by atoms with Crippen molar-refractivity contribution in [2.24, 2.45) is 5.92 Å². The second-order valence-corrected chi connectivity index (χ2v) is 5.60. The molecule has 2 aromatic heterocycles. The highest BCUT2D eigenvalue weighted by molar-refractivity contribution is 7.22. The number of rotatable bonds is 1. The average molecular weight is 278 g/mol. The quantitative estimate of drug-likeness (QED) is 0.589. The zero-order chi connectivity index (χ0) is 13.4. The largest absolute Gasteiger partial charge is 0.619 e. The van der Waals surface area contributed by atoms with Gasteiger partial charge in [-0.3, -0.25) is 0 Å². The van der Waals surface area contributed by atoms with Gasteiger partial charge < -0.3 is 10.1 Å². The van der Waals surface area contributed by atoms with Crippen molar-refractivity contribution in [2.45, 2.75) is 12.8 Å². The van der Waals surface area contributed by atoms with Crippen LogP contribution in [0.25, 0.3) is 10.2 Å². The lowest BCUT2D eigenvalue weighted by Crippen LogP contribution is -2.34. The third-order valence-electron chi connectivity index (χ3n) is 3.23. The van der Waals surface area contributed by atoms with E-state index >= 15 is 0 Å². The molecule has 1 fully saturated rings. The summed E-state index contributed by atoms with van der Waals surface area (Å²) in [5.41, 5.74) is 0.228. The highest BCUT2D eigenvalue weighted by Gasteiger charge is 2.23.